The fourth-order valence-corrected chi connectivity index (χ4v) is 2.81. The third-order valence-electron chi connectivity index (χ3n) is 2.84. The van der Waals surface area contributed by atoms with Crippen molar-refractivity contribution in [2.75, 3.05) is 19.8 Å². The van der Waals surface area contributed by atoms with Gasteiger partial charge in [0.1, 0.15) is 6.61 Å². The lowest BCUT2D eigenvalue weighted by atomic mass is 10.1. The van der Waals surface area contributed by atoms with Gasteiger partial charge in [-0.3, -0.25) is 0 Å². The van der Waals surface area contributed by atoms with Gasteiger partial charge in [-0.1, -0.05) is 6.92 Å². The average Bonchev–Trinajstić information content (AvgIpc) is 2.64. The van der Waals surface area contributed by atoms with Gasteiger partial charge < -0.3 is 10.1 Å². The number of halogens is 2. The summed E-state index contributed by atoms with van der Waals surface area (Å²) in [5.74, 6) is 0. The third kappa shape index (κ3) is 6.40. The Morgan fingerprint density at radius 3 is 2.63 bits per heavy atom. The van der Waals surface area contributed by atoms with E-state index in [1.165, 1.54) is 4.88 Å². The minimum Gasteiger partial charge on any atom is -0.375 e. The molecule has 110 valence electrons. The van der Waals surface area contributed by atoms with Crippen molar-refractivity contribution < 1.29 is 13.5 Å². The minimum atomic E-state index is -2.39. The van der Waals surface area contributed by atoms with Gasteiger partial charge in [0.05, 0.1) is 10.7 Å². The van der Waals surface area contributed by atoms with Crippen molar-refractivity contribution in [1.29, 1.82) is 0 Å². The number of hydrogen-bond acceptors (Lipinski definition) is 4. The molecular weight excluding hydrogens is 270 g/mol. The molecule has 19 heavy (non-hydrogen) atoms. The molecule has 1 N–H and O–H groups in total. The van der Waals surface area contributed by atoms with Crippen LogP contribution in [0.5, 0.6) is 0 Å². The van der Waals surface area contributed by atoms with Crippen LogP contribution in [-0.4, -0.2) is 37.2 Å². The summed E-state index contributed by atoms with van der Waals surface area (Å²) in [6.07, 6.45) is -0.842. The minimum absolute atomic E-state index is 0.229. The van der Waals surface area contributed by atoms with E-state index in [9.17, 15) is 8.78 Å². The van der Waals surface area contributed by atoms with Crippen LogP contribution in [-0.2, 0) is 11.2 Å². The Morgan fingerprint density at radius 1 is 1.37 bits per heavy atom. The lowest BCUT2D eigenvalue weighted by Crippen LogP contribution is -2.32. The fourth-order valence-electron chi connectivity index (χ4n) is 1.80. The van der Waals surface area contributed by atoms with Crippen LogP contribution in [0.3, 0.4) is 0 Å². The summed E-state index contributed by atoms with van der Waals surface area (Å²) in [5.41, 5.74) is 1.07. The number of likely N-dealkylation sites (N-methyl/N-ethyl adjacent to an activating group) is 1. The summed E-state index contributed by atoms with van der Waals surface area (Å²) in [6, 6.07) is 0.229. The lowest BCUT2D eigenvalue weighted by molar-refractivity contribution is 0.0144. The normalized spacial score (nSPS) is 13.2. The van der Waals surface area contributed by atoms with Gasteiger partial charge in [-0.2, -0.15) is 0 Å². The number of alkyl halides is 2. The summed E-state index contributed by atoms with van der Waals surface area (Å²) in [7, 11) is 0. The van der Waals surface area contributed by atoms with Crippen LogP contribution in [0, 0.1) is 13.8 Å². The predicted octanol–water partition coefficient (Wildman–Crippen LogP) is 2.95. The van der Waals surface area contributed by atoms with E-state index in [0.29, 0.717) is 6.61 Å². The van der Waals surface area contributed by atoms with Crippen molar-refractivity contribution in [1.82, 2.24) is 10.3 Å². The lowest BCUT2D eigenvalue weighted by Gasteiger charge is -2.16. The number of nitrogens with zero attached hydrogens (tertiary/aromatic N) is 1. The standard InChI is InChI=1S/C13H22F2N2OS/c1-4-16-11(5-6-18-8-12(14)15)7-13-17-9(2)10(3)19-13/h11-12,16H,4-8H2,1-3H3. The molecule has 0 bridgehead atoms. The first-order valence-electron chi connectivity index (χ1n) is 6.55. The van der Waals surface area contributed by atoms with Gasteiger partial charge in [0, 0.05) is 23.9 Å². The summed E-state index contributed by atoms with van der Waals surface area (Å²) in [6.45, 7) is 6.82. The molecule has 0 radical (unpaired) electrons. The van der Waals surface area contributed by atoms with Crippen LogP contribution in [0.25, 0.3) is 0 Å². The predicted molar refractivity (Wildman–Crippen MR) is 74.2 cm³/mol. The Bertz CT molecular complexity index is 352. The van der Waals surface area contributed by atoms with E-state index >= 15 is 0 Å². The van der Waals surface area contributed by atoms with Gasteiger partial charge in [-0.25, -0.2) is 13.8 Å². The fraction of sp³-hybridized carbons (Fsp3) is 0.769. The van der Waals surface area contributed by atoms with Gasteiger partial charge in [0.15, 0.2) is 0 Å². The van der Waals surface area contributed by atoms with E-state index in [1.807, 2.05) is 13.8 Å². The van der Waals surface area contributed by atoms with E-state index in [2.05, 4.69) is 17.2 Å². The molecule has 0 saturated heterocycles. The zero-order chi connectivity index (χ0) is 14.3. The molecule has 1 aromatic rings. The number of nitrogens with one attached hydrogen (secondary N) is 1. The molecule has 0 aromatic carbocycles. The van der Waals surface area contributed by atoms with Crippen LogP contribution in [0.2, 0.25) is 0 Å². The smallest absolute Gasteiger partial charge is 0.261 e. The zero-order valence-corrected chi connectivity index (χ0v) is 12.5. The Morgan fingerprint density at radius 2 is 2.11 bits per heavy atom. The molecule has 3 nitrogen and oxygen atoms in total. The number of aromatic nitrogens is 1. The Kier molecular flexibility index (Phi) is 7.41. The molecular formula is C13H22F2N2OS. The number of hydrogen-bond donors (Lipinski definition) is 1. The van der Waals surface area contributed by atoms with Gasteiger partial charge in [-0.05, 0) is 26.8 Å². The molecule has 1 heterocycles. The first kappa shape index (κ1) is 16.5. The van der Waals surface area contributed by atoms with Crippen molar-refractivity contribution >= 4 is 11.3 Å². The van der Waals surface area contributed by atoms with E-state index in [4.69, 9.17) is 4.74 Å². The van der Waals surface area contributed by atoms with Crippen LogP contribution in [0.4, 0.5) is 8.78 Å². The summed E-state index contributed by atoms with van der Waals surface area (Å²) < 4.78 is 28.8. The van der Waals surface area contributed by atoms with Crippen molar-refractivity contribution in [2.45, 2.75) is 46.1 Å². The number of rotatable bonds is 9. The van der Waals surface area contributed by atoms with Crippen LogP contribution < -0.4 is 5.32 Å². The highest BCUT2D eigenvalue weighted by atomic mass is 32.1. The van der Waals surface area contributed by atoms with Crippen LogP contribution in [0.1, 0.15) is 28.9 Å². The molecule has 0 fully saturated rings. The Hall–Kier alpha value is -0.590. The summed E-state index contributed by atoms with van der Waals surface area (Å²) in [5, 5.41) is 4.44. The van der Waals surface area contributed by atoms with E-state index in [1.54, 1.807) is 11.3 Å². The van der Waals surface area contributed by atoms with Gasteiger partial charge in [-0.15, -0.1) is 11.3 Å². The van der Waals surface area contributed by atoms with Gasteiger partial charge in [0.25, 0.3) is 6.43 Å². The molecule has 0 aliphatic rings. The second-order valence-corrected chi connectivity index (χ2v) is 5.75. The SMILES string of the molecule is CCNC(CCOCC(F)F)Cc1nc(C)c(C)s1. The average molecular weight is 292 g/mol. The topological polar surface area (TPSA) is 34.1 Å². The largest absolute Gasteiger partial charge is 0.375 e. The molecule has 0 spiro atoms. The molecule has 0 saturated carbocycles. The van der Waals surface area contributed by atoms with Crippen molar-refractivity contribution in [3.63, 3.8) is 0 Å². The Balaban J connectivity index is 2.39. The second-order valence-electron chi connectivity index (χ2n) is 4.46. The number of ether oxygens (including phenoxy) is 1. The van der Waals surface area contributed by atoms with E-state index in [-0.39, 0.29) is 6.04 Å². The molecule has 1 rings (SSSR count). The van der Waals surface area contributed by atoms with E-state index < -0.39 is 13.0 Å². The first-order valence-corrected chi connectivity index (χ1v) is 7.36. The van der Waals surface area contributed by atoms with Gasteiger partial charge in [0.2, 0.25) is 0 Å². The van der Waals surface area contributed by atoms with Crippen molar-refractivity contribution in [2.24, 2.45) is 0 Å². The van der Waals surface area contributed by atoms with E-state index in [0.717, 1.165) is 30.1 Å². The quantitative estimate of drug-likeness (QED) is 0.711. The number of aryl methyl sites for hydroxylation is 2. The van der Waals surface area contributed by atoms with Crippen molar-refractivity contribution in [3.05, 3.63) is 15.6 Å². The maximum absolute atomic E-state index is 12.0. The molecule has 1 aromatic heterocycles. The third-order valence-corrected chi connectivity index (χ3v) is 3.94. The molecule has 0 amide bonds. The highest BCUT2D eigenvalue weighted by molar-refractivity contribution is 7.11. The monoisotopic (exact) mass is 292 g/mol. The number of thiazole rings is 1. The maximum Gasteiger partial charge on any atom is 0.261 e. The van der Waals surface area contributed by atoms with Crippen LogP contribution >= 0.6 is 11.3 Å². The van der Waals surface area contributed by atoms with Crippen LogP contribution in [0.15, 0.2) is 0 Å². The maximum atomic E-state index is 12.0. The highest BCUT2D eigenvalue weighted by Crippen LogP contribution is 2.18. The zero-order valence-electron chi connectivity index (χ0n) is 11.7. The summed E-state index contributed by atoms with van der Waals surface area (Å²) in [4.78, 5) is 5.74. The Labute approximate surface area is 117 Å². The van der Waals surface area contributed by atoms with Gasteiger partial charge >= 0.3 is 0 Å². The summed E-state index contributed by atoms with van der Waals surface area (Å²) >= 11 is 1.70. The molecule has 1 atom stereocenters. The second kappa shape index (κ2) is 8.55. The molecule has 1 unspecified atom stereocenters. The van der Waals surface area contributed by atoms with Crippen molar-refractivity contribution in [3.8, 4) is 0 Å². The highest BCUT2D eigenvalue weighted by Gasteiger charge is 2.12. The first-order chi connectivity index (χ1) is 9.02. The molecule has 6 heteroatoms. The molecule has 0 aliphatic carbocycles. The molecule has 0 aliphatic heterocycles.